The second-order valence-electron chi connectivity index (χ2n) is 4.50. The number of esters is 1. The molecule has 108 valence electrons. The first kappa shape index (κ1) is 16.0. The summed E-state index contributed by atoms with van der Waals surface area (Å²) in [5.74, 6) is 0.994. The van der Waals surface area contributed by atoms with Crippen LogP contribution in [0.25, 0.3) is 0 Å². The van der Waals surface area contributed by atoms with Gasteiger partial charge in [-0.25, -0.2) is 0 Å². The van der Waals surface area contributed by atoms with Crippen molar-refractivity contribution >= 4 is 17.7 Å². The molecule has 1 unspecified atom stereocenters. The lowest BCUT2D eigenvalue weighted by atomic mass is 10.0. The Balaban J connectivity index is 2.71. The number of ether oxygens (including phenoxy) is 1. The number of hydrogen-bond donors (Lipinski definition) is 0. The molecule has 0 saturated heterocycles. The minimum atomic E-state index is -0.435. The summed E-state index contributed by atoms with van der Waals surface area (Å²) >= 11 is 1.74. The van der Waals surface area contributed by atoms with Crippen molar-refractivity contribution in [2.45, 2.75) is 57.5 Å². The maximum atomic E-state index is 11.9. The van der Waals surface area contributed by atoms with Crippen LogP contribution in [0.5, 0.6) is 0 Å². The van der Waals surface area contributed by atoms with E-state index >= 15 is 0 Å². The van der Waals surface area contributed by atoms with E-state index < -0.39 is 5.92 Å². The van der Waals surface area contributed by atoms with Crippen molar-refractivity contribution in [3.8, 4) is 0 Å². The van der Waals surface area contributed by atoms with Gasteiger partial charge in [0.25, 0.3) is 0 Å². The number of hydrogen-bond acceptors (Lipinski definition) is 6. The van der Waals surface area contributed by atoms with Crippen molar-refractivity contribution < 1.29 is 14.1 Å². The molecule has 0 fully saturated rings. The molecule has 0 aliphatic heterocycles. The fraction of sp³-hybridized carbons (Fsp3) is 0.769. The molecule has 0 spiro atoms. The molecule has 0 amide bonds. The molecule has 5 nitrogen and oxygen atoms in total. The maximum absolute atomic E-state index is 11.9. The van der Waals surface area contributed by atoms with E-state index in [0.717, 1.165) is 6.42 Å². The lowest BCUT2D eigenvalue weighted by Crippen LogP contribution is -2.16. The van der Waals surface area contributed by atoms with Crippen LogP contribution in [0.1, 0.15) is 58.2 Å². The van der Waals surface area contributed by atoms with Gasteiger partial charge in [-0.15, -0.1) is 0 Å². The van der Waals surface area contributed by atoms with Crippen LogP contribution in [0.3, 0.4) is 0 Å². The Morgan fingerprint density at radius 3 is 2.74 bits per heavy atom. The summed E-state index contributed by atoms with van der Waals surface area (Å²) in [5, 5.41) is 4.43. The molecular formula is C13H22N2O3S. The summed E-state index contributed by atoms with van der Waals surface area (Å²) in [5.41, 5.74) is 0. The largest absolute Gasteiger partial charge is 0.465 e. The van der Waals surface area contributed by atoms with Crippen molar-refractivity contribution in [2.75, 3.05) is 6.61 Å². The third-order valence-corrected chi connectivity index (χ3v) is 3.57. The summed E-state index contributed by atoms with van der Waals surface area (Å²) in [4.78, 5) is 16.2. The summed E-state index contributed by atoms with van der Waals surface area (Å²) in [7, 11) is 0. The van der Waals surface area contributed by atoms with Crippen molar-refractivity contribution in [2.24, 2.45) is 0 Å². The standard InChI is InChI=1S/C13H22N2O3S/c1-5-7-10(13(16)17-6-2)12-14-11(15-18-12)8-19-9(3)4/h9-10H,5-8H2,1-4H3. The minimum Gasteiger partial charge on any atom is -0.465 e. The zero-order valence-electron chi connectivity index (χ0n) is 12.0. The second kappa shape index (κ2) is 8.19. The summed E-state index contributed by atoms with van der Waals surface area (Å²) in [6.07, 6.45) is 1.53. The van der Waals surface area contributed by atoms with Gasteiger partial charge in [0.15, 0.2) is 5.82 Å². The Bertz CT molecular complexity index is 393. The van der Waals surface area contributed by atoms with Gasteiger partial charge < -0.3 is 9.26 Å². The van der Waals surface area contributed by atoms with Gasteiger partial charge in [0.05, 0.1) is 12.4 Å². The van der Waals surface area contributed by atoms with E-state index in [1.165, 1.54) is 0 Å². The number of aromatic nitrogens is 2. The molecule has 19 heavy (non-hydrogen) atoms. The Labute approximate surface area is 118 Å². The van der Waals surface area contributed by atoms with Gasteiger partial charge in [-0.2, -0.15) is 16.7 Å². The topological polar surface area (TPSA) is 65.2 Å². The molecule has 0 aromatic carbocycles. The molecule has 6 heteroatoms. The highest BCUT2D eigenvalue weighted by Crippen LogP contribution is 2.23. The van der Waals surface area contributed by atoms with Gasteiger partial charge >= 0.3 is 5.97 Å². The quantitative estimate of drug-likeness (QED) is 0.684. The highest BCUT2D eigenvalue weighted by molar-refractivity contribution is 7.99. The third kappa shape index (κ3) is 5.22. The highest BCUT2D eigenvalue weighted by atomic mass is 32.2. The Kier molecular flexibility index (Phi) is 6.91. The van der Waals surface area contributed by atoms with E-state index in [0.29, 0.717) is 35.7 Å². The number of rotatable bonds is 8. The molecular weight excluding hydrogens is 264 g/mol. The number of carbonyl (C=O) groups excluding carboxylic acids is 1. The van der Waals surface area contributed by atoms with Gasteiger partial charge in [0.2, 0.25) is 5.89 Å². The maximum Gasteiger partial charge on any atom is 0.318 e. The van der Waals surface area contributed by atoms with Crippen molar-refractivity contribution in [3.63, 3.8) is 0 Å². The van der Waals surface area contributed by atoms with Crippen LogP contribution in [-0.4, -0.2) is 28.0 Å². The van der Waals surface area contributed by atoms with Gasteiger partial charge in [-0.1, -0.05) is 32.3 Å². The van der Waals surface area contributed by atoms with Gasteiger partial charge in [0.1, 0.15) is 5.92 Å². The number of nitrogens with zero attached hydrogens (tertiary/aromatic N) is 2. The van der Waals surface area contributed by atoms with E-state index in [2.05, 4.69) is 24.0 Å². The SMILES string of the molecule is CCCC(C(=O)OCC)c1nc(CSC(C)C)no1. The van der Waals surface area contributed by atoms with E-state index in [1.54, 1.807) is 18.7 Å². The van der Waals surface area contributed by atoms with Crippen molar-refractivity contribution in [1.82, 2.24) is 10.1 Å². The smallest absolute Gasteiger partial charge is 0.318 e. The number of carbonyl (C=O) groups is 1. The molecule has 1 rings (SSSR count). The molecule has 1 aromatic heterocycles. The molecule has 0 aliphatic carbocycles. The van der Waals surface area contributed by atoms with E-state index in [1.807, 2.05) is 6.92 Å². The van der Waals surface area contributed by atoms with Crippen LogP contribution >= 0.6 is 11.8 Å². The van der Waals surface area contributed by atoms with E-state index in [-0.39, 0.29) is 5.97 Å². The second-order valence-corrected chi connectivity index (χ2v) is 6.07. The zero-order valence-corrected chi connectivity index (χ0v) is 12.8. The predicted octanol–water partition coefficient (Wildman–Crippen LogP) is 3.16. The lowest BCUT2D eigenvalue weighted by Gasteiger charge is -2.09. The Morgan fingerprint density at radius 1 is 1.42 bits per heavy atom. The first-order chi connectivity index (χ1) is 9.08. The van der Waals surface area contributed by atoms with Crippen molar-refractivity contribution in [1.29, 1.82) is 0 Å². The molecule has 0 aliphatic rings. The number of thioether (sulfide) groups is 1. The molecule has 1 atom stereocenters. The molecule has 1 heterocycles. The van der Waals surface area contributed by atoms with Crippen LogP contribution in [0.15, 0.2) is 4.52 Å². The molecule has 0 bridgehead atoms. The van der Waals surface area contributed by atoms with Gasteiger partial charge in [-0.3, -0.25) is 4.79 Å². The van der Waals surface area contributed by atoms with Crippen molar-refractivity contribution in [3.05, 3.63) is 11.7 Å². The average molecular weight is 286 g/mol. The van der Waals surface area contributed by atoms with Gasteiger partial charge in [0, 0.05) is 0 Å². The van der Waals surface area contributed by atoms with E-state index in [4.69, 9.17) is 9.26 Å². The first-order valence-electron chi connectivity index (χ1n) is 6.69. The van der Waals surface area contributed by atoms with Crippen LogP contribution in [0.2, 0.25) is 0 Å². The van der Waals surface area contributed by atoms with Gasteiger partial charge in [-0.05, 0) is 18.6 Å². The molecule has 1 aromatic rings. The van der Waals surface area contributed by atoms with Crippen LogP contribution in [0.4, 0.5) is 0 Å². The summed E-state index contributed by atoms with van der Waals surface area (Å²) in [6.45, 7) is 8.40. The normalized spacial score (nSPS) is 12.7. The molecule has 0 N–H and O–H groups in total. The average Bonchev–Trinajstić information content (AvgIpc) is 2.82. The monoisotopic (exact) mass is 286 g/mol. The van der Waals surface area contributed by atoms with Crippen LogP contribution in [-0.2, 0) is 15.3 Å². The Morgan fingerprint density at radius 2 is 2.16 bits per heavy atom. The molecule has 0 radical (unpaired) electrons. The third-order valence-electron chi connectivity index (χ3n) is 2.48. The molecule has 0 saturated carbocycles. The summed E-state index contributed by atoms with van der Waals surface area (Å²) in [6, 6.07) is 0. The fourth-order valence-corrected chi connectivity index (χ4v) is 2.18. The highest BCUT2D eigenvalue weighted by Gasteiger charge is 2.27. The predicted molar refractivity (Wildman–Crippen MR) is 75.0 cm³/mol. The first-order valence-corrected chi connectivity index (χ1v) is 7.74. The zero-order chi connectivity index (χ0) is 14.3. The van der Waals surface area contributed by atoms with Crippen LogP contribution in [0, 0.1) is 0 Å². The van der Waals surface area contributed by atoms with E-state index in [9.17, 15) is 4.79 Å². The Hall–Kier alpha value is -1.04. The van der Waals surface area contributed by atoms with Crippen LogP contribution < -0.4 is 0 Å². The summed E-state index contributed by atoms with van der Waals surface area (Å²) < 4.78 is 10.3. The lowest BCUT2D eigenvalue weighted by molar-refractivity contribution is -0.145. The fourth-order valence-electron chi connectivity index (χ4n) is 1.58. The minimum absolute atomic E-state index is 0.281.